The SMILES string of the molecule is FCCOCC1CN(c2cnc(Br)cn2)CCN1c1ccc(F)cn1. The van der Waals surface area contributed by atoms with Crippen molar-refractivity contribution >= 4 is 27.6 Å². The number of hydrogen-bond donors (Lipinski definition) is 0. The molecule has 0 amide bonds. The van der Waals surface area contributed by atoms with E-state index in [0.29, 0.717) is 30.1 Å². The summed E-state index contributed by atoms with van der Waals surface area (Å²) in [6.45, 7) is 1.89. The molecule has 1 aliphatic rings. The van der Waals surface area contributed by atoms with Crippen molar-refractivity contribution in [3.8, 4) is 0 Å². The van der Waals surface area contributed by atoms with Crippen LogP contribution in [-0.2, 0) is 4.74 Å². The number of aromatic nitrogens is 3. The Bertz CT molecular complexity index is 673. The third kappa shape index (κ3) is 4.60. The maximum absolute atomic E-state index is 13.1. The Hall–Kier alpha value is -1.87. The first-order valence-corrected chi connectivity index (χ1v) is 8.71. The molecular formula is C16H18BrF2N5O. The zero-order chi connectivity index (χ0) is 17.6. The van der Waals surface area contributed by atoms with Gasteiger partial charge in [-0.25, -0.2) is 23.7 Å². The molecule has 1 fully saturated rings. The van der Waals surface area contributed by atoms with E-state index in [2.05, 4.69) is 40.7 Å². The van der Waals surface area contributed by atoms with Gasteiger partial charge in [0, 0.05) is 19.6 Å². The van der Waals surface area contributed by atoms with Crippen LogP contribution in [0.15, 0.2) is 35.3 Å². The molecule has 3 heterocycles. The van der Waals surface area contributed by atoms with Crippen molar-refractivity contribution in [2.24, 2.45) is 0 Å². The number of rotatable bonds is 6. The van der Waals surface area contributed by atoms with Gasteiger partial charge in [-0.2, -0.15) is 0 Å². The van der Waals surface area contributed by atoms with Crippen LogP contribution in [0.1, 0.15) is 0 Å². The van der Waals surface area contributed by atoms with Crippen molar-refractivity contribution in [3.05, 3.63) is 41.1 Å². The average molecular weight is 414 g/mol. The van der Waals surface area contributed by atoms with E-state index in [4.69, 9.17) is 4.74 Å². The van der Waals surface area contributed by atoms with Crippen molar-refractivity contribution in [2.75, 3.05) is 49.3 Å². The summed E-state index contributed by atoms with van der Waals surface area (Å²) in [6, 6.07) is 2.98. The standard InChI is InChI=1S/C16H18BrF2N5O/c17-14-8-22-16(9-20-14)23-4-5-24(13(10-23)11-25-6-3-18)15-2-1-12(19)7-21-15/h1-2,7-9,13H,3-6,10-11H2. The van der Waals surface area contributed by atoms with Gasteiger partial charge in [0.1, 0.15) is 28.7 Å². The molecular weight excluding hydrogens is 396 g/mol. The lowest BCUT2D eigenvalue weighted by Crippen LogP contribution is -2.56. The number of halogens is 3. The van der Waals surface area contributed by atoms with Crippen molar-refractivity contribution in [2.45, 2.75) is 6.04 Å². The van der Waals surface area contributed by atoms with Crippen LogP contribution < -0.4 is 9.80 Å². The van der Waals surface area contributed by atoms with Gasteiger partial charge in [-0.1, -0.05) is 0 Å². The molecule has 1 aliphatic heterocycles. The fourth-order valence-corrected chi connectivity index (χ4v) is 2.99. The molecule has 2 aromatic rings. The second-order valence-corrected chi connectivity index (χ2v) is 6.40. The molecule has 25 heavy (non-hydrogen) atoms. The van der Waals surface area contributed by atoms with Crippen LogP contribution in [0.2, 0.25) is 0 Å². The van der Waals surface area contributed by atoms with E-state index in [-0.39, 0.29) is 18.5 Å². The van der Waals surface area contributed by atoms with Crippen LogP contribution >= 0.6 is 15.9 Å². The van der Waals surface area contributed by atoms with Crippen LogP contribution in [0.3, 0.4) is 0 Å². The molecule has 0 radical (unpaired) electrons. The zero-order valence-electron chi connectivity index (χ0n) is 13.5. The summed E-state index contributed by atoms with van der Waals surface area (Å²) in [4.78, 5) is 16.9. The van der Waals surface area contributed by atoms with Gasteiger partial charge >= 0.3 is 0 Å². The minimum Gasteiger partial charge on any atom is -0.377 e. The summed E-state index contributed by atoms with van der Waals surface area (Å²) in [5.74, 6) is 1.07. The highest BCUT2D eigenvalue weighted by atomic mass is 79.9. The van der Waals surface area contributed by atoms with Gasteiger partial charge in [-0.15, -0.1) is 0 Å². The van der Waals surface area contributed by atoms with Crippen molar-refractivity contribution in [3.63, 3.8) is 0 Å². The Morgan fingerprint density at radius 3 is 2.64 bits per heavy atom. The predicted octanol–water partition coefficient (Wildman–Crippen LogP) is 2.45. The lowest BCUT2D eigenvalue weighted by molar-refractivity contribution is 0.104. The minimum absolute atomic E-state index is 0.0521. The lowest BCUT2D eigenvalue weighted by atomic mass is 10.1. The lowest BCUT2D eigenvalue weighted by Gasteiger charge is -2.42. The first-order chi connectivity index (χ1) is 12.2. The second-order valence-electron chi connectivity index (χ2n) is 5.59. The van der Waals surface area contributed by atoms with Gasteiger partial charge in [0.15, 0.2) is 0 Å². The molecule has 3 rings (SSSR count). The van der Waals surface area contributed by atoms with Crippen LogP contribution in [0.25, 0.3) is 0 Å². The summed E-state index contributed by atoms with van der Waals surface area (Å²) < 4.78 is 31.6. The van der Waals surface area contributed by atoms with Crippen molar-refractivity contribution in [1.29, 1.82) is 0 Å². The van der Waals surface area contributed by atoms with E-state index in [9.17, 15) is 8.78 Å². The quantitative estimate of drug-likeness (QED) is 0.678. The molecule has 2 aromatic heterocycles. The van der Waals surface area contributed by atoms with E-state index in [1.54, 1.807) is 18.5 Å². The van der Waals surface area contributed by atoms with E-state index in [1.807, 2.05) is 0 Å². The Morgan fingerprint density at radius 2 is 1.96 bits per heavy atom. The molecule has 1 atom stereocenters. The Balaban J connectivity index is 1.75. The molecule has 1 saturated heterocycles. The Morgan fingerprint density at radius 1 is 1.12 bits per heavy atom. The summed E-state index contributed by atoms with van der Waals surface area (Å²) in [7, 11) is 0. The predicted molar refractivity (Wildman–Crippen MR) is 94.1 cm³/mol. The highest BCUT2D eigenvalue weighted by Crippen LogP contribution is 2.22. The molecule has 0 N–H and O–H groups in total. The smallest absolute Gasteiger partial charge is 0.147 e. The molecule has 0 aliphatic carbocycles. The Labute approximate surface area is 153 Å². The van der Waals surface area contributed by atoms with E-state index in [1.165, 1.54) is 12.3 Å². The van der Waals surface area contributed by atoms with Crippen LogP contribution in [-0.4, -0.2) is 60.5 Å². The van der Waals surface area contributed by atoms with Crippen LogP contribution in [0.5, 0.6) is 0 Å². The maximum Gasteiger partial charge on any atom is 0.147 e. The molecule has 0 bridgehead atoms. The molecule has 0 saturated carbocycles. The fourth-order valence-electron chi connectivity index (χ4n) is 2.79. The number of pyridine rings is 1. The minimum atomic E-state index is -0.524. The molecule has 6 nitrogen and oxygen atoms in total. The van der Waals surface area contributed by atoms with E-state index in [0.717, 1.165) is 12.4 Å². The van der Waals surface area contributed by atoms with Gasteiger partial charge in [0.2, 0.25) is 0 Å². The topological polar surface area (TPSA) is 54.4 Å². The van der Waals surface area contributed by atoms with Gasteiger partial charge < -0.3 is 14.5 Å². The van der Waals surface area contributed by atoms with Crippen molar-refractivity contribution < 1.29 is 13.5 Å². The van der Waals surface area contributed by atoms with Gasteiger partial charge in [0.05, 0.1) is 37.8 Å². The number of alkyl halides is 1. The zero-order valence-corrected chi connectivity index (χ0v) is 15.1. The van der Waals surface area contributed by atoms with Gasteiger partial charge in [0.25, 0.3) is 0 Å². The third-order valence-corrected chi connectivity index (χ3v) is 4.36. The normalized spacial score (nSPS) is 17.8. The van der Waals surface area contributed by atoms with E-state index < -0.39 is 6.67 Å². The third-order valence-electron chi connectivity index (χ3n) is 3.95. The molecule has 1 unspecified atom stereocenters. The van der Waals surface area contributed by atoms with Gasteiger partial charge in [-0.05, 0) is 28.1 Å². The van der Waals surface area contributed by atoms with E-state index >= 15 is 0 Å². The number of hydrogen-bond acceptors (Lipinski definition) is 6. The summed E-state index contributed by atoms with van der Waals surface area (Å²) in [5, 5.41) is 0. The second kappa shape index (κ2) is 8.48. The first kappa shape index (κ1) is 17.9. The number of nitrogens with zero attached hydrogens (tertiary/aromatic N) is 5. The maximum atomic E-state index is 13.1. The number of piperazine rings is 1. The molecule has 0 spiro atoms. The monoisotopic (exact) mass is 413 g/mol. The fraction of sp³-hybridized carbons (Fsp3) is 0.438. The molecule has 0 aromatic carbocycles. The number of ether oxygens (including phenoxy) is 1. The highest BCUT2D eigenvalue weighted by molar-refractivity contribution is 9.10. The summed E-state index contributed by atoms with van der Waals surface area (Å²) >= 11 is 3.27. The highest BCUT2D eigenvalue weighted by Gasteiger charge is 2.29. The largest absolute Gasteiger partial charge is 0.377 e. The Kier molecular flexibility index (Phi) is 6.09. The van der Waals surface area contributed by atoms with Crippen LogP contribution in [0, 0.1) is 5.82 Å². The average Bonchev–Trinajstić information content (AvgIpc) is 2.63. The summed E-state index contributed by atoms with van der Waals surface area (Å²) in [6.07, 6.45) is 4.55. The van der Waals surface area contributed by atoms with Gasteiger partial charge in [-0.3, -0.25) is 0 Å². The number of anilines is 2. The van der Waals surface area contributed by atoms with Crippen molar-refractivity contribution in [1.82, 2.24) is 15.0 Å². The first-order valence-electron chi connectivity index (χ1n) is 7.92. The molecule has 134 valence electrons. The summed E-state index contributed by atoms with van der Waals surface area (Å²) in [5.41, 5.74) is 0. The molecule has 9 heteroatoms. The van der Waals surface area contributed by atoms with Crippen LogP contribution in [0.4, 0.5) is 20.4 Å².